The van der Waals surface area contributed by atoms with E-state index in [1.807, 2.05) is 24.3 Å². The summed E-state index contributed by atoms with van der Waals surface area (Å²) in [7, 11) is 0. The number of aromatic nitrogens is 2. The van der Waals surface area contributed by atoms with Gasteiger partial charge in [-0.05, 0) is 12.1 Å². The van der Waals surface area contributed by atoms with Crippen molar-refractivity contribution in [3.8, 4) is 0 Å². The van der Waals surface area contributed by atoms with Crippen molar-refractivity contribution in [3.63, 3.8) is 0 Å². The predicted molar refractivity (Wildman–Crippen MR) is 49.6 cm³/mol. The highest BCUT2D eigenvalue weighted by Gasteiger charge is 1.93. The lowest BCUT2D eigenvalue weighted by Crippen LogP contribution is -1.86. The highest BCUT2D eigenvalue weighted by Crippen LogP contribution is 2.09. The Balaban J connectivity index is 2.75. The van der Waals surface area contributed by atoms with Crippen molar-refractivity contribution in [3.05, 3.63) is 42.9 Å². The highest BCUT2D eigenvalue weighted by atomic mass is 14.9. The van der Waals surface area contributed by atoms with Crippen molar-refractivity contribution in [1.29, 1.82) is 0 Å². The Morgan fingerprint density at radius 2 is 2.08 bits per heavy atom. The Kier molecular flexibility index (Phi) is 1.59. The van der Waals surface area contributed by atoms with E-state index in [1.165, 1.54) is 0 Å². The Morgan fingerprint density at radius 3 is 2.92 bits per heavy atom. The van der Waals surface area contributed by atoms with Gasteiger partial charge in [-0.2, -0.15) is 0 Å². The number of hydrogen-bond acceptors (Lipinski definition) is 2. The molecular weight excluding hydrogens is 148 g/mol. The maximum atomic E-state index is 4.26. The molecule has 0 amide bonds. The van der Waals surface area contributed by atoms with Crippen LogP contribution in [0, 0.1) is 0 Å². The van der Waals surface area contributed by atoms with Gasteiger partial charge in [0.05, 0.1) is 5.52 Å². The van der Waals surface area contributed by atoms with Crippen LogP contribution in [0.1, 0.15) is 5.82 Å². The molecule has 58 valence electrons. The molecule has 0 aliphatic heterocycles. The molecule has 0 aliphatic carbocycles. The van der Waals surface area contributed by atoms with Crippen LogP contribution in [-0.2, 0) is 0 Å². The molecule has 0 aliphatic rings. The van der Waals surface area contributed by atoms with E-state index in [2.05, 4.69) is 16.5 Å². The lowest BCUT2D eigenvalue weighted by atomic mass is 10.2. The third-order valence-electron chi connectivity index (χ3n) is 1.69. The fourth-order valence-corrected chi connectivity index (χ4v) is 1.08. The Bertz CT molecular complexity index is 421. The van der Waals surface area contributed by atoms with Gasteiger partial charge in [-0.3, -0.25) is 0 Å². The third kappa shape index (κ3) is 1.07. The van der Waals surface area contributed by atoms with Gasteiger partial charge >= 0.3 is 0 Å². The largest absolute Gasteiger partial charge is 0.236 e. The fraction of sp³-hybridized carbons (Fsp3) is 0. The quantitative estimate of drug-likeness (QED) is 0.633. The number of hydrogen-bond donors (Lipinski definition) is 0. The van der Waals surface area contributed by atoms with E-state index in [-0.39, 0.29) is 0 Å². The average molecular weight is 156 g/mol. The van der Waals surface area contributed by atoms with Crippen LogP contribution in [0.2, 0.25) is 0 Å². The number of nitrogens with zero attached hydrogens (tertiary/aromatic N) is 2. The minimum atomic E-state index is 0.675. The topological polar surface area (TPSA) is 25.8 Å². The fourth-order valence-electron chi connectivity index (χ4n) is 1.08. The van der Waals surface area contributed by atoms with Gasteiger partial charge in [-0.1, -0.05) is 24.8 Å². The second-order valence-corrected chi connectivity index (χ2v) is 2.49. The maximum Gasteiger partial charge on any atom is 0.151 e. The second kappa shape index (κ2) is 2.74. The molecule has 0 atom stereocenters. The van der Waals surface area contributed by atoms with Gasteiger partial charge < -0.3 is 0 Å². The molecule has 0 saturated heterocycles. The van der Waals surface area contributed by atoms with Crippen molar-refractivity contribution in [2.75, 3.05) is 0 Å². The smallest absolute Gasteiger partial charge is 0.151 e. The van der Waals surface area contributed by atoms with E-state index in [9.17, 15) is 0 Å². The predicted octanol–water partition coefficient (Wildman–Crippen LogP) is 2.27. The molecule has 1 heterocycles. The van der Waals surface area contributed by atoms with Crippen molar-refractivity contribution >= 4 is 17.0 Å². The maximum absolute atomic E-state index is 4.26. The molecule has 0 fully saturated rings. The normalized spacial score (nSPS) is 10.0. The molecule has 1 aromatic heterocycles. The van der Waals surface area contributed by atoms with Crippen molar-refractivity contribution < 1.29 is 0 Å². The first-order chi connectivity index (χ1) is 5.90. The lowest BCUT2D eigenvalue weighted by Gasteiger charge is -1.95. The number of rotatable bonds is 1. The Morgan fingerprint density at radius 1 is 1.25 bits per heavy atom. The number of benzene rings is 1. The van der Waals surface area contributed by atoms with Crippen LogP contribution in [0.4, 0.5) is 0 Å². The van der Waals surface area contributed by atoms with Crippen LogP contribution < -0.4 is 0 Å². The summed E-state index contributed by atoms with van der Waals surface area (Å²) in [6.45, 7) is 3.61. The second-order valence-electron chi connectivity index (χ2n) is 2.49. The van der Waals surface area contributed by atoms with E-state index in [4.69, 9.17) is 0 Å². The molecular formula is C10H8N2. The van der Waals surface area contributed by atoms with E-state index in [0.29, 0.717) is 5.82 Å². The van der Waals surface area contributed by atoms with Crippen molar-refractivity contribution in [1.82, 2.24) is 9.97 Å². The summed E-state index contributed by atoms with van der Waals surface area (Å²) in [5, 5.41) is 1.06. The molecule has 0 saturated carbocycles. The molecule has 0 spiro atoms. The molecule has 0 bridgehead atoms. The standard InChI is InChI=1S/C10H8N2/c1-2-10-11-7-8-5-3-4-6-9(8)12-10/h2-7H,1H2. The zero-order chi connectivity index (χ0) is 8.39. The molecule has 2 heteroatoms. The van der Waals surface area contributed by atoms with E-state index in [1.54, 1.807) is 12.3 Å². The minimum absolute atomic E-state index is 0.675. The monoisotopic (exact) mass is 156 g/mol. The average Bonchev–Trinajstić information content (AvgIpc) is 2.17. The lowest BCUT2D eigenvalue weighted by molar-refractivity contribution is 1.19. The van der Waals surface area contributed by atoms with E-state index in [0.717, 1.165) is 10.9 Å². The van der Waals surface area contributed by atoms with Gasteiger partial charge in [0.2, 0.25) is 0 Å². The summed E-state index contributed by atoms with van der Waals surface area (Å²) in [6, 6.07) is 7.88. The van der Waals surface area contributed by atoms with Gasteiger partial charge in [0.15, 0.2) is 5.82 Å². The van der Waals surface area contributed by atoms with E-state index >= 15 is 0 Å². The third-order valence-corrected chi connectivity index (χ3v) is 1.69. The first kappa shape index (κ1) is 6.98. The van der Waals surface area contributed by atoms with Crippen LogP contribution in [-0.4, -0.2) is 9.97 Å². The summed E-state index contributed by atoms with van der Waals surface area (Å²) in [6.07, 6.45) is 3.45. The molecule has 2 rings (SSSR count). The number of fused-ring (bicyclic) bond motifs is 1. The minimum Gasteiger partial charge on any atom is -0.236 e. The van der Waals surface area contributed by atoms with Crippen LogP contribution in [0.25, 0.3) is 17.0 Å². The molecule has 0 radical (unpaired) electrons. The molecule has 0 N–H and O–H groups in total. The summed E-state index contributed by atoms with van der Waals surface area (Å²) in [5.74, 6) is 0.675. The summed E-state index contributed by atoms with van der Waals surface area (Å²) >= 11 is 0. The van der Waals surface area contributed by atoms with Gasteiger partial charge in [0.25, 0.3) is 0 Å². The van der Waals surface area contributed by atoms with Gasteiger partial charge in [-0.15, -0.1) is 0 Å². The number of para-hydroxylation sites is 1. The van der Waals surface area contributed by atoms with Crippen LogP contribution in [0.3, 0.4) is 0 Å². The summed E-state index contributed by atoms with van der Waals surface area (Å²) in [5.41, 5.74) is 0.961. The zero-order valence-corrected chi connectivity index (χ0v) is 6.57. The van der Waals surface area contributed by atoms with E-state index < -0.39 is 0 Å². The van der Waals surface area contributed by atoms with Crippen LogP contribution >= 0.6 is 0 Å². The molecule has 12 heavy (non-hydrogen) atoms. The van der Waals surface area contributed by atoms with Crippen molar-refractivity contribution in [2.45, 2.75) is 0 Å². The summed E-state index contributed by atoms with van der Waals surface area (Å²) < 4.78 is 0. The van der Waals surface area contributed by atoms with Crippen LogP contribution in [0.5, 0.6) is 0 Å². The Labute approximate surface area is 70.6 Å². The zero-order valence-electron chi connectivity index (χ0n) is 6.57. The van der Waals surface area contributed by atoms with Crippen LogP contribution in [0.15, 0.2) is 37.0 Å². The van der Waals surface area contributed by atoms with Gasteiger partial charge in [0, 0.05) is 11.6 Å². The SMILES string of the molecule is C=Cc1ncc2ccccc2n1. The highest BCUT2D eigenvalue weighted by molar-refractivity contribution is 5.77. The molecule has 0 unspecified atom stereocenters. The first-order valence-corrected chi connectivity index (χ1v) is 3.74. The molecule has 2 aromatic rings. The van der Waals surface area contributed by atoms with Crippen molar-refractivity contribution in [2.24, 2.45) is 0 Å². The summed E-state index contributed by atoms with van der Waals surface area (Å²) in [4.78, 5) is 8.36. The van der Waals surface area contributed by atoms with Gasteiger partial charge in [0.1, 0.15) is 0 Å². The first-order valence-electron chi connectivity index (χ1n) is 3.74. The Hall–Kier alpha value is -1.70. The molecule has 1 aromatic carbocycles. The molecule has 2 nitrogen and oxygen atoms in total. The van der Waals surface area contributed by atoms with Gasteiger partial charge in [-0.25, -0.2) is 9.97 Å².